The second-order valence-corrected chi connectivity index (χ2v) is 12.6. The van der Waals surface area contributed by atoms with E-state index in [4.69, 9.17) is 33.8 Å². The number of nitrogens with one attached hydrogen (secondary N) is 1. The van der Waals surface area contributed by atoms with Crippen molar-refractivity contribution in [2.45, 2.75) is 36.7 Å². The quantitative estimate of drug-likeness (QED) is 0.214. The highest BCUT2D eigenvalue weighted by Gasteiger charge is 2.59. The molecule has 1 aromatic heterocycles. The van der Waals surface area contributed by atoms with Crippen molar-refractivity contribution < 1.29 is 22.8 Å². The molecule has 2 aliphatic heterocycles. The molecular formula is C35H27Cl2F3N4O2. The first-order valence-corrected chi connectivity index (χ1v) is 15.3. The molecule has 1 aliphatic carbocycles. The summed E-state index contributed by atoms with van der Waals surface area (Å²) in [6, 6.07) is 23.0. The standard InChI is InChI=1S/C35H27Cl2F3N4O2/c36-25-14-24(15-26(37)16-25)34(35(38,39)40)17-30(43-46-34)20-8-9-28-22(11-20)12-23(13-27-6-3-4-10-42-27)32(28)33-29-7-2-1-5-21(29)18-44(33)19-31(41)45/h1-12,14-17,32-33,43H,13,18-19H2,(H2,41,45). The van der Waals surface area contributed by atoms with E-state index >= 15 is 0 Å². The van der Waals surface area contributed by atoms with Crippen molar-refractivity contribution >= 4 is 40.9 Å². The molecule has 11 heteroatoms. The molecule has 0 saturated carbocycles. The Morgan fingerprint density at radius 3 is 2.50 bits per heavy atom. The van der Waals surface area contributed by atoms with Crippen molar-refractivity contribution in [1.29, 1.82) is 0 Å². The van der Waals surface area contributed by atoms with Crippen LogP contribution in [0.2, 0.25) is 10.0 Å². The Bertz CT molecular complexity index is 1890. The van der Waals surface area contributed by atoms with Crippen LogP contribution in [-0.4, -0.2) is 28.5 Å². The van der Waals surface area contributed by atoms with Crippen molar-refractivity contribution in [1.82, 2.24) is 15.4 Å². The Hall–Kier alpha value is -4.15. The van der Waals surface area contributed by atoms with Gasteiger partial charge in [0.25, 0.3) is 0 Å². The summed E-state index contributed by atoms with van der Waals surface area (Å²) >= 11 is 12.2. The number of primary amides is 1. The molecule has 6 nitrogen and oxygen atoms in total. The molecule has 0 radical (unpaired) electrons. The summed E-state index contributed by atoms with van der Waals surface area (Å²) in [5.74, 6) is -0.575. The summed E-state index contributed by atoms with van der Waals surface area (Å²) in [4.78, 5) is 24.1. The highest BCUT2D eigenvalue weighted by atomic mass is 35.5. The number of nitrogens with zero attached hydrogens (tertiary/aromatic N) is 2. The van der Waals surface area contributed by atoms with Gasteiger partial charge in [0, 0.05) is 58.0 Å². The molecule has 3 N–H and O–H groups in total. The first-order valence-electron chi connectivity index (χ1n) is 14.6. The fourth-order valence-electron chi connectivity index (χ4n) is 6.86. The van der Waals surface area contributed by atoms with Gasteiger partial charge >= 0.3 is 6.18 Å². The predicted octanol–water partition coefficient (Wildman–Crippen LogP) is 7.49. The number of carbonyl (C=O) groups is 1. The number of hydroxylamine groups is 1. The SMILES string of the molecule is NC(=O)CN1Cc2ccccc2C1C1C(Cc2ccccn2)=Cc2cc(C3=CC(c4cc(Cl)cc(Cl)c4)(C(F)(F)F)ON3)ccc21. The summed E-state index contributed by atoms with van der Waals surface area (Å²) in [7, 11) is 0. The lowest BCUT2D eigenvalue weighted by Crippen LogP contribution is -2.42. The van der Waals surface area contributed by atoms with Gasteiger partial charge in [0.15, 0.2) is 0 Å². The number of benzene rings is 3. The molecule has 0 bridgehead atoms. The molecule has 0 saturated heterocycles. The maximum Gasteiger partial charge on any atom is 0.428 e. The van der Waals surface area contributed by atoms with Crippen LogP contribution in [0, 0.1) is 0 Å². The second kappa shape index (κ2) is 11.6. The minimum absolute atomic E-state index is 0.0598. The molecule has 46 heavy (non-hydrogen) atoms. The van der Waals surface area contributed by atoms with Crippen LogP contribution in [0.3, 0.4) is 0 Å². The fraction of sp³-hybridized carbons (Fsp3) is 0.200. The maximum absolute atomic E-state index is 14.7. The van der Waals surface area contributed by atoms with Crippen molar-refractivity contribution in [2.75, 3.05) is 6.54 Å². The number of fused-ring (bicyclic) bond motifs is 2. The minimum atomic E-state index is -4.83. The lowest BCUT2D eigenvalue weighted by Gasteiger charge is -2.32. The molecule has 3 heterocycles. The number of amides is 1. The van der Waals surface area contributed by atoms with E-state index in [0.717, 1.165) is 39.6 Å². The summed E-state index contributed by atoms with van der Waals surface area (Å²) < 4.78 is 44.0. The highest BCUT2D eigenvalue weighted by Crippen LogP contribution is 2.53. The molecular weight excluding hydrogens is 636 g/mol. The average Bonchev–Trinajstić information content (AvgIpc) is 3.70. The zero-order valence-electron chi connectivity index (χ0n) is 24.2. The molecule has 3 unspecified atom stereocenters. The van der Waals surface area contributed by atoms with Crippen LogP contribution >= 0.6 is 23.2 Å². The summed E-state index contributed by atoms with van der Waals surface area (Å²) in [5, 5.41) is 0.120. The van der Waals surface area contributed by atoms with Gasteiger partial charge < -0.3 is 5.73 Å². The van der Waals surface area contributed by atoms with E-state index in [2.05, 4.69) is 33.6 Å². The fourth-order valence-corrected chi connectivity index (χ4v) is 7.39. The van der Waals surface area contributed by atoms with Gasteiger partial charge in [-0.1, -0.05) is 77.3 Å². The van der Waals surface area contributed by atoms with Gasteiger partial charge in [-0.15, -0.1) is 0 Å². The van der Waals surface area contributed by atoms with Crippen LogP contribution in [0.5, 0.6) is 0 Å². The molecule has 7 rings (SSSR count). The number of nitrogens with two attached hydrogens (primary N) is 1. The van der Waals surface area contributed by atoms with Crippen LogP contribution in [-0.2, 0) is 28.2 Å². The molecule has 4 aromatic rings. The maximum atomic E-state index is 14.7. The summed E-state index contributed by atoms with van der Waals surface area (Å²) in [6.07, 6.45) is 0.561. The summed E-state index contributed by atoms with van der Waals surface area (Å²) in [6.45, 7) is 0.660. The zero-order chi connectivity index (χ0) is 32.2. The topological polar surface area (TPSA) is 80.5 Å². The van der Waals surface area contributed by atoms with Crippen LogP contribution in [0.15, 0.2) is 96.7 Å². The van der Waals surface area contributed by atoms with E-state index in [1.54, 1.807) is 12.3 Å². The second-order valence-electron chi connectivity index (χ2n) is 11.7. The third-order valence-electron chi connectivity index (χ3n) is 8.78. The molecule has 234 valence electrons. The lowest BCUT2D eigenvalue weighted by atomic mass is 9.82. The number of carbonyl (C=O) groups excluding carboxylic acids is 1. The summed E-state index contributed by atoms with van der Waals surface area (Å²) in [5.41, 5.74) is 11.9. The number of hydrogen-bond acceptors (Lipinski definition) is 5. The van der Waals surface area contributed by atoms with Crippen LogP contribution in [0.1, 0.15) is 51.0 Å². The van der Waals surface area contributed by atoms with E-state index in [1.165, 1.54) is 18.2 Å². The van der Waals surface area contributed by atoms with E-state index in [0.29, 0.717) is 18.5 Å². The smallest absolute Gasteiger partial charge is 0.369 e. The largest absolute Gasteiger partial charge is 0.428 e. The van der Waals surface area contributed by atoms with Gasteiger partial charge in [-0.3, -0.25) is 25.0 Å². The van der Waals surface area contributed by atoms with E-state index in [1.807, 2.05) is 42.5 Å². The van der Waals surface area contributed by atoms with Crippen LogP contribution in [0.4, 0.5) is 13.2 Å². The Kier molecular flexibility index (Phi) is 7.68. The normalized spacial score (nSPS) is 22.2. The Labute approximate surface area is 273 Å². The van der Waals surface area contributed by atoms with E-state index < -0.39 is 17.7 Å². The van der Waals surface area contributed by atoms with E-state index in [9.17, 15) is 18.0 Å². The number of aromatic nitrogens is 1. The first kappa shape index (κ1) is 30.5. The van der Waals surface area contributed by atoms with Gasteiger partial charge in [-0.2, -0.15) is 13.2 Å². The van der Waals surface area contributed by atoms with Gasteiger partial charge in [0.2, 0.25) is 11.5 Å². The highest BCUT2D eigenvalue weighted by molar-refractivity contribution is 6.34. The van der Waals surface area contributed by atoms with Crippen molar-refractivity contribution in [3.8, 4) is 0 Å². The third kappa shape index (κ3) is 5.37. The Morgan fingerprint density at radius 2 is 1.78 bits per heavy atom. The number of rotatable bonds is 7. The Balaban J connectivity index is 1.32. The molecule has 3 atom stereocenters. The van der Waals surface area contributed by atoms with Gasteiger partial charge in [0.05, 0.1) is 12.2 Å². The minimum Gasteiger partial charge on any atom is -0.369 e. The molecule has 0 spiro atoms. The number of hydrogen-bond donors (Lipinski definition) is 2. The van der Waals surface area contributed by atoms with Gasteiger partial charge in [-0.05, 0) is 64.7 Å². The monoisotopic (exact) mass is 662 g/mol. The third-order valence-corrected chi connectivity index (χ3v) is 9.22. The lowest BCUT2D eigenvalue weighted by molar-refractivity contribution is -0.269. The van der Waals surface area contributed by atoms with Crippen molar-refractivity contribution in [2.24, 2.45) is 5.73 Å². The predicted molar refractivity (Wildman–Crippen MR) is 170 cm³/mol. The average molecular weight is 664 g/mol. The molecule has 1 amide bonds. The zero-order valence-corrected chi connectivity index (χ0v) is 25.7. The number of pyridine rings is 1. The molecule has 3 aliphatic rings. The van der Waals surface area contributed by atoms with Gasteiger partial charge in [0.1, 0.15) is 0 Å². The van der Waals surface area contributed by atoms with Crippen LogP contribution in [0.25, 0.3) is 11.8 Å². The Morgan fingerprint density at radius 1 is 1.02 bits per heavy atom. The van der Waals surface area contributed by atoms with Gasteiger partial charge in [-0.25, -0.2) is 0 Å². The molecule has 3 aromatic carbocycles. The van der Waals surface area contributed by atoms with Crippen molar-refractivity contribution in [3.05, 3.63) is 146 Å². The number of halogens is 5. The molecule has 0 fully saturated rings. The van der Waals surface area contributed by atoms with E-state index in [-0.39, 0.29) is 39.8 Å². The number of alkyl halides is 3. The van der Waals surface area contributed by atoms with Crippen molar-refractivity contribution in [3.63, 3.8) is 0 Å². The van der Waals surface area contributed by atoms with Crippen LogP contribution < -0.4 is 11.2 Å². The first-order chi connectivity index (χ1) is 22.0.